The molecule has 1 heteroatoms. The molecule has 7 rings (SSSR count). The molecular formula is C42H51N. The molecule has 2 saturated carbocycles. The van der Waals surface area contributed by atoms with E-state index < -0.39 is 0 Å². The Morgan fingerprint density at radius 1 is 1.07 bits per heavy atom. The third-order valence-corrected chi connectivity index (χ3v) is 12.3. The van der Waals surface area contributed by atoms with Crippen molar-refractivity contribution in [1.82, 2.24) is 0 Å². The molecule has 7 aliphatic rings. The fourth-order valence-corrected chi connectivity index (χ4v) is 10.3. The number of hydrogen-bond donors (Lipinski definition) is 0. The van der Waals surface area contributed by atoms with E-state index >= 15 is 0 Å². The van der Waals surface area contributed by atoms with Crippen LogP contribution in [0.4, 0.5) is 0 Å². The SMILES string of the molecule is C=C(C)CC1=C(/C=C\C)C2CC[C@@H](C3=C4CCCCC4[C@@](C)(C4C=CC(C5C=CC=NC5C)=CC4)C=C3)C3C=CC=C1[C@@H]23. The topological polar surface area (TPSA) is 12.4 Å². The summed E-state index contributed by atoms with van der Waals surface area (Å²) < 4.78 is 0. The van der Waals surface area contributed by atoms with Gasteiger partial charge in [-0.25, -0.2) is 0 Å². The summed E-state index contributed by atoms with van der Waals surface area (Å²) in [6.45, 7) is 13.5. The third-order valence-electron chi connectivity index (χ3n) is 12.3. The maximum Gasteiger partial charge on any atom is 0.0574 e. The second-order valence-electron chi connectivity index (χ2n) is 14.8. The Balaban J connectivity index is 1.16. The largest absolute Gasteiger partial charge is 0.289 e. The van der Waals surface area contributed by atoms with Crippen molar-refractivity contribution in [3.8, 4) is 0 Å². The van der Waals surface area contributed by atoms with Gasteiger partial charge in [-0.1, -0.05) is 97.9 Å². The van der Waals surface area contributed by atoms with Crippen molar-refractivity contribution >= 4 is 6.21 Å². The van der Waals surface area contributed by atoms with Gasteiger partial charge < -0.3 is 0 Å². The van der Waals surface area contributed by atoms with Gasteiger partial charge in [0.1, 0.15) is 0 Å². The molecule has 43 heavy (non-hydrogen) atoms. The van der Waals surface area contributed by atoms with Crippen LogP contribution in [0.1, 0.15) is 79.1 Å². The van der Waals surface area contributed by atoms with Crippen LogP contribution in [0.2, 0.25) is 0 Å². The maximum absolute atomic E-state index is 4.67. The fraction of sp³-hybridized carbons (Fsp3) is 0.500. The second kappa shape index (κ2) is 11.5. The highest BCUT2D eigenvalue weighted by molar-refractivity contribution is 5.72. The number of aliphatic imine (C=N–C) groups is 1. The van der Waals surface area contributed by atoms with E-state index in [1.165, 1.54) is 49.7 Å². The van der Waals surface area contributed by atoms with E-state index in [-0.39, 0.29) is 5.41 Å². The summed E-state index contributed by atoms with van der Waals surface area (Å²) in [4.78, 5) is 4.67. The molecule has 0 radical (unpaired) electrons. The van der Waals surface area contributed by atoms with Crippen molar-refractivity contribution in [2.45, 2.75) is 85.1 Å². The molecule has 0 amide bonds. The Kier molecular flexibility index (Phi) is 7.73. The number of dihydropyridines is 1. The molecule has 6 aliphatic carbocycles. The molecule has 2 fully saturated rings. The van der Waals surface area contributed by atoms with Crippen LogP contribution in [0, 0.1) is 46.8 Å². The van der Waals surface area contributed by atoms with Crippen molar-refractivity contribution in [3.05, 3.63) is 119 Å². The number of rotatable bonds is 6. The molecule has 0 spiro atoms. The van der Waals surface area contributed by atoms with Crippen LogP contribution < -0.4 is 0 Å². The van der Waals surface area contributed by atoms with E-state index in [2.05, 4.69) is 112 Å². The Morgan fingerprint density at radius 2 is 1.93 bits per heavy atom. The lowest BCUT2D eigenvalue weighted by Gasteiger charge is -2.50. The molecule has 6 unspecified atom stereocenters. The van der Waals surface area contributed by atoms with Crippen LogP contribution >= 0.6 is 0 Å². The van der Waals surface area contributed by atoms with Gasteiger partial charge in [-0.2, -0.15) is 0 Å². The second-order valence-corrected chi connectivity index (χ2v) is 14.8. The van der Waals surface area contributed by atoms with Gasteiger partial charge in [0, 0.05) is 12.1 Å². The first-order chi connectivity index (χ1) is 20.9. The summed E-state index contributed by atoms with van der Waals surface area (Å²) in [5, 5.41) is 0. The molecule has 1 heterocycles. The van der Waals surface area contributed by atoms with E-state index in [0.717, 1.165) is 12.8 Å². The zero-order valence-corrected chi connectivity index (χ0v) is 26.9. The predicted molar refractivity (Wildman–Crippen MR) is 184 cm³/mol. The standard InChI is InChI=1S/C42H51N/c1-6-11-32-38-22-21-33(36-13-9-14-37(41(36)38)39(32)26-27(2)3)34-23-24-42(5,40-16-8-7-12-35(34)40)30-19-17-29(18-20-30)31-15-10-25-43-28(31)4/h6,9-11,13-15,17-19,23-25,28,30-31,33,36,38,40-41H,2,7-8,12,16,20-22,26H2,1,3-5H3/b11-6-/t28?,30?,31?,33-,36?,38?,40?,41-,42+/m0/s1. The molecule has 0 bridgehead atoms. The predicted octanol–water partition coefficient (Wildman–Crippen LogP) is 10.8. The van der Waals surface area contributed by atoms with E-state index in [1.54, 1.807) is 22.3 Å². The lowest BCUT2D eigenvalue weighted by Crippen LogP contribution is -2.41. The van der Waals surface area contributed by atoms with Gasteiger partial charge >= 0.3 is 0 Å². The first kappa shape index (κ1) is 28.8. The zero-order chi connectivity index (χ0) is 29.7. The number of allylic oxidation sites excluding steroid dienone is 17. The highest BCUT2D eigenvalue weighted by Gasteiger charge is 2.50. The smallest absolute Gasteiger partial charge is 0.0574 e. The first-order valence-corrected chi connectivity index (χ1v) is 17.3. The number of fused-ring (bicyclic) bond motifs is 1. The highest BCUT2D eigenvalue weighted by atomic mass is 14.8. The quantitative estimate of drug-likeness (QED) is 0.282. The molecule has 0 aromatic heterocycles. The fourth-order valence-electron chi connectivity index (χ4n) is 10.3. The monoisotopic (exact) mass is 569 g/mol. The molecular weight excluding hydrogens is 518 g/mol. The molecule has 0 aromatic rings. The number of nitrogens with zero attached hydrogens (tertiary/aromatic N) is 1. The van der Waals surface area contributed by atoms with Gasteiger partial charge in [0.25, 0.3) is 0 Å². The first-order valence-electron chi connectivity index (χ1n) is 17.3. The van der Waals surface area contributed by atoms with Crippen LogP contribution in [-0.2, 0) is 0 Å². The van der Waals surface area contributed by atoms with Gasteiger partial charge in [0.2, 0.25) is 0 Å². The minimum absolute atomic E-state index is 0.192. The van der Waals surface area contributed by atoms with Crippen LogP contribution in [-0.4, -0.2) is 12.3 Å². The summed E-state index contributed by atoms with van der Waals surface area (Å²) in [5.74, 6) is 4.19. The van der Waals surface area contributed by atoms with E-state index in [1.807, 2.05) is 11.8 Å². The van der Waals surface area contributed by atoms with Crippen LogP contribution in [0.25, 0.3) is 0 Å². The minimum Gasteiger partial charge on any atom is -0.289 e. The molecule has 224 valence electrons. The lowest BCUT2D eigenvalue weighted by atomic mass is 9.54. The highest BCUT2D eigenvalue weighted by Crippen LogP contribution is 2.60. The Labute approximate surface area is 261 Å². The van der Waals surface area contributed by atoms with Crippen LogP contribution in [0.3, 0.4) is 0 Å². The van der Waals surface area contributed by atoms with E-state index in [9.17, 15) is 0 Å². The summed E-state index contributed by atoms with van der Waals surface area (Å²) in [5.41, 5.74) is 11.3. The third kappa shape index (κ3) is 4.86. The van der Waals surface area contributed by atoms with E-state index in [4.69, 9.17) is 0 Å². The van der Waals surface area contributed by atoms with Gasteiger partial charge in [0.15, 0.2) is 0 Å². The Bertz CT molecular complexity index is 1480. The van der Waals surface area contributed by atoms with Gasteiger partial charge in [-0.15, -0.1) is 0 Å². The molecule has 0 saturated heterocycles. The summed E-state index contributed by atoms with van der Waals surface area (Å²) >= 11 is 0. The van der Waals surface area contributed by atoms with Gasteiger partial charge in [0.05, 0.1) is 6.04 Å². The van der Waals surface area contributed by atoms with Crippen molar-refractivity contribution < 1.29 is 0 Å². The molecule has 9 atom stereocenters. The van der Waals surface area contributed by atoms with Crippen molar-refractivity contribution in [1.29, 1.82) is 0 Å². The maximum atomic E-state index is 4.67. The molecule has 1 aliphatic heterocycles. The van der Waals surface area contributed by atoms with Gasteiger partial charge in [-0.05, 0) is 141 Å². The normalized spacial score (nSPS) is 39.7. The Morgan fingerprint density at radius 3 is 2.70 bits per heavy atom. The average Bonchev–Trinajstić information content (AvgIpc) is 3.31. The van der Waals surface area contributed by atoms with Crippen molar-refractivity contribution in [3.63, 3.8) is 0 Å². The van der Waals surface area contributed by atoms with Crippen molar-refractivity contribution in [2.24, 2.45) is 51.8 Å². The van der Waals surface area contributed by atoms with Crippen molar-refractivity contribution in [2.75, 3.05) is 0 Å². The lowest BCUT2D eigenvalue weighted by molar-refractivity contribution is 0.166. The molecule has 0 N–H and O–H groups in total. The summed E-state index contributed by atoms with van der Waals surface area (Å²) in [6.07, 6.45) is 41.6. The van der Waals surface area contributed by atoms with E-state index in [0.29, 0.717) is 47.5 Å². The van der Waals surface area contributed by atoms with Crippen LogP contribution in [0.15, 0.2) is 123 Å². The summed E-state index contributed by atoms with van der Waals surface area (Å²) in [6, 6.07) is 0.332. The molecule has 1 nitrogen and oxygen atoms in total. The van der Waals surface area contributed by atoms with Crippen LogP contribution in [0.5, 0.6) is 0 Å². The molecule has 0 aromatic carbocycles. The zero-order valence-electron chi connectivity index (χ0n) is 26.9. The Hall–Kier alpha value is -2.93. The number of hydrogen-bond acceptors (Lipinski definition) is 1. The summed E-state index contributed by atoms with van der Waals surface area (Å²) in [7, 11) is 0. The minimum atomic E-state index is 0.192. The average molecular weight is 570 g/mol. The van der Waals surface area contributed by atoms with Gasteiger partial charge in [-0.3, -0.25) is 4.99 Å².